The molecule has 0 saturated heterocycles. The normalized spacial score (nSPS) is 16.8. The smallest absolute Gasteiger partial charge is 0.0145 e. The molecule has 0 amide bonds. The second-order valence-corrected chi connectivity index (χ2v) is 3.16. The largest absolute Gasteiger partial charge is 0.316 e. The van der Waals surface area contributed by atoms with Gasteiger partial charge in [0.15, 0.2) is 0 Å². The van der Waals surface area contributed by atoms with E-state index in [4.69, 9.17) is 0 Å². The summed E-state index contributed by atoms with van der Waals surface area (Å²) in [7, 11) is 2.04. The van der Waals surface area contributed by atoms with Crippen molar-refractivity contribution in [3.63, 3.8) is 0 Å². The Balaban J connectivity index is 0.000000720. The fourth-order valence-electron chi connectivity index (χ4n) is 1.76. The molecule has 0 radical (unpaired) electrons. The summed E-state index contributed by atoms with van der Waals surface area (Å²) in [6, 6.07) is 9.38. The van der Waals surface area contributed by atoms with Gasteiger partial charge in [0.25, 0.3) is 0 Å². The molecule has 0 unspecified atom stereocenters. The molecule has 1 heteroatoms. The number of hydrogen-bond acceptors (Lipinski definition) is 1. The summed E-state index contributed by atoms with van der Waals surface area (Å²) in [4.78, 5) is 0. The van der Waals surface area contributed by atoms with Crippen LogP contribution < -0.4 is 5.32 Å². The highest BCUT2D eigenvalue weighted by atomic mass is 14.9. The average Bonchev–Trinajstić information content (AvgIpc) is 2.46. The van der Waals surface area contributed by atoms with E-state index in [-0.39, 0.29) is 1.43 Å². The molecule has 0 heterocycles. The van der Waals surface area contributed by atoms with Crippen molar-refractivity contribution >= 4 is 0 Å². The standard InChI is InChI=1S/C10H13N.H2/c1-11-10-6-8-4-2-3-5-9(8)7-10;/h2-5,10-11H,6-7H2,1H3;1H. The highest BCUT2D eigenvalue weighted by Crippen LogP contribution is 2.20. The second kappa shape index (κ2) is 2.67. The van der Waals surface area contributed by atoms with Crippen molar-refractivity contribution in [2.24, 2.45) is 0 Å². The maximum Gasteiger partial charge on any atom is 0.0145 e. The molecule has 1 N–H and O–H groups in total. The van der Waals surface area contributed by atoms with Gasteiger partial charge in [0.05, 0.1) is 0 Å². The lowest BCUT2D eigenvalue weighted by molar-refractivity contribution is 0.593. The van der Waals surface area contributed by atoms with Crippen LogP contribution in [0.25, 0.3) is 0 Å². The van der Waals surface area contributed by atoms with E-state index in [2.05, 4.69) is 29.6 Å². The van der Waals surface area contributed by atoms with E-state index in [0.717, 1.165) is 0 Å². The summed E-state index contributed by atoms with van der Waals surface area (Å²) in [6.07, 6.45) is 2.40. The Morgan fingerprint density at radius 3 is 2.27 bits per heavy atom. The molecule has 1 aliphatic carbocycles. The molecule has 0 aliphatic heterocycles. The van der Waals surface area contributed by atoms with Gasteiger partial charge in [0.2, 0.25) is 0 Å². The Morgan fingerprint density at radius 2 is 1.82 bits per heavy atom. The van der Waals surface area contributed by atoms with Crippen LogP contribution in [0.5, 0.6) is 0 Å². The molecule has 1 nitrogen and oxygen atoms in total. The number of fused-ring (bicyclic) bond motifs is 1. The van der Waals surface area contributed by atoms with Gasteiger partial charge < -0.3 is 5.32 Å². The van der Waals surface area contributed by atoms with Crippen LogP contribution in [-0.4, -0.2) is 13.1 Å². The van der Waals surface area contributed by atoms with Crippen LogP contribution in [0.15, 0.2) is 24.3 Å². The third kappa shape index (κ3) is 1.16. The third-order valence-corrected chi connectivity index (χ3v) is 2.46. The number of rotatable bonds is 1. The van der Waals surface area contributed by atoms with Crippen molar-refractivity contribution in [2.45, 2.75) is 18.9 Å². The van der Waals surface area contributed by atoms with Crippen molar-refractivity contribution in [1.29, 1.82) is 0 Å². The van der Waals surface area contributed by atoms with Crippen LogP contribution in [0.1, 0.15) is 12.6 Å². The third-order valence-electron chi connectivity index (χ3n) is 2.46. The van der Waals surface area contributed by atoms with E-state index < -0.39 is 0 Å². The molecule has 1 aromatic carbocycles. The maximum atomic E-state index is 3.31. The lowest BCUT2D eigenvalue weighted by atomic mass is 10.1. The zero-order chi connectivity index (χ0) is 7.68. The number of hydrogen-bond donors (Lipinski definition) is 1. The Bertz CT molecular complexity index is 235. The summed E-state index contributed by atoms with van der Waals surface area (Å²) in [5.74, 6) is 0. The van der Waals surface area contributed by atoms with Crippen LogP contribution in [0.4, 0.5) is 0 Å². The van der Waals surface area contributed by atoms with Gasteiger partial charge in [-0.2, -0.15) is 0 Å². The molecule has 11 heavy (non-hydrogen) atoms. The summed E-state index contributed by atoms with van der Waals surface area (Å²) in [6.45, 7) is 0. The predicted molar refractivity (Wildman–Crippen MR) is 48.8 cm³/mol. The summed E-state index contributed by atoms with van der Waals surface area (Å²) in [5, 5.41) is 3.31. The quantitative estimate of drug-likeness (QED) is 0.639. The molecule has 1 aromatic rings. The van der Waals surface area contributed by atoms with Gasteiger partial charge in [-0.15, -0.1) is 0 Å². The topological polar surface area (TPSA) is 12.0 Å². The van der Waals surface area contributed by atoms with Gasteiger partial charge >= 0.3 is 0 Å². The monoisotopic (exact) mass is 149 g/mol. The molecule has 0 fully saturated rings. The highest BCUT2D eigenvalue weighted by Gasteiger charge is 2.18. The van der Waals surface area contributed by atoms with E-state index in [0.29, 0.717) is 6.04 Å². The number of nitrogens with one attached hydrogen (secondary N) is 1. The Labute approximate surface area is 68.9 Å². The fourth-order valence-corrected chi connectivity index (χ4v) is 1.76. The Hall–Kier alpha value is -0.820. The van der Waals surface area contributed by atoms with Gasteiger partial charge in [-0.3, -0.25) is 0 Å². The van der Waals surface area contributed by atoms with E-state index in [1.165, 1.54) is 24.0 Å². The van der Waals surface area contributed by atoms with Crippen LogP contribution in [0, 0.1) is 0 Å². The fraction of sp³-hybridized carbons (Fsp3) is 0.400. The lowest BCUT2D eigenvalue weighted by Crippen LogP contribution is -2.24. The van der Waals surface area contributed by atoms with E-state index in [1.54, 1.807) is 0 Å². The van der Waals surface area contributed by atoms with Crippen LogP contribution in [0.2, 0.25) is 0 Å². The van der Waals surface area contributed by atoms with Crippen molar-refractivity contribution < 1.29 is 1.43 Å². The van der Waals surface area contributed by atoms with Crippen LogP contribution in [-0.2, 0) is 12.8 Å². The Kier molecular flexibility index (Phi) is 1.66. The molecule has 1 aliphatic rings. The minimum Gasteiger partial charge on any atom is -0.316 e. The molecule has 0 bridgehead atoms. The molecule has 0 atom stereocenters. The molecule has 0 saturated carbocycles. The van der Waals surface area contributed by atoms with Crippen LogP contribution in [0.3, 0.4) is 0 Å². The number of benzene rings is 1. The van der Waals surface area contributed by atoms with Gasteiger partial charge in [-0.05, 0) is 31.0 Å². The first-order valence-corrected chi connectivity index (χ1v) is 4.14. The van der Waals surface area contributed by atoms with Crippen molar-refractivity contribution in [1.82, 2.24) is 5.32 Å². The molecule has 60 valence electrons. The average molecular weight is 149 g/mol. The maximum absolute atomic E-state index is 3.31. The predicted octanol–water partition coefficient (Wildman–Crippen LogP) is 1.62. The first-order chi connectivity index (χ1) is 5.40. The van der Waals surface area contributed by atoms with E-state index in [1.807, 2.05) is 7.05 Å². The second-order valence-electron chi connectivity index (χ2n) is 3.16. The SMILES string of the molecule is CNC1Cc2ccccc2C1.[HH]. The minimum atomic E-state index is 0. The van der Waals surface area contributed by atoms with Crippen molar-refractivity contribution in [3.8, 4) is 0 Å². The minimum absolute atomic E-state index is 0. The first kappa shape index (κ1) is 6.86. The molecular weight excluding hydrogens is 134 g/mol. The molecule has 0 spiro atoms. The number of likely N-dealkylation sites (N-methyl/N-ethyl adjacent to an activating group) is 1. The van der Waals surface area contributed by atoms with Crippen molar-refractivity contribution in [3.05, 3.63) is 35.4 Å². The lowest BCUT2D eigenvalue weighted by Gasteiger charge is -2.04. The zero-order valence-corrected chi connectivity index (χ0v) is 6.80. The van der Waals surface area contributed by atoms with Gasteiger partial charge in [-0.1, -0.05) is 24.3 Å². The first-order valence-electron chi connectivity index (χ1n) is 4.14. The van der Waals surface area contributed by atoms with E-state index >= 15 is 0 Å². The van der Waals surface area contributed by atoms with Gasteiger partial charge in [0.1, 0.15) is 0 Å². The van der Waals surface area contributed by atoms with Crippen molar-refractivity contribution in [2.75, 3.05) is 7.05 Å². The van der Waals surface area contributed by atoms with E-state index in [9.17, 15) is 0 Å². The van der Waals surface area contributed by atoms with Crippen LogP contribution >= 0.6 is 0 Å². The molecule has 2 rings (SSSR count). The van der Waals surface area contributed by atoms with Gasteiger partial charge in [0, 0.05) is 7.47 Å². The zero-order valence-electron chi connectivity index (χ0n) is 6.80. The summed E-state index contributed by atoms with van der Waals surface area (Å²) < 4.78 is 0. The highest BCUT2D eigenvalue weighted by molar-refractivity contribution is 5.33. The molecular formula is C10H15N. The Morgan fingerprint density at radius 1 is 1.27 bits per heavy atom. The summed E-state index contributed by atoms with van der Waals surface area (Å²) >= 11 is 0. The summed E-state index contributed by atoms with van der Waals surface area (Å²) in [5.41, 5.74) is 3.04. The molecule has 0 aromatic heterocycles. The van der Waals surface area contributed by atoms with Gasteiger partial charge in [-0.25, -0.2) is 0 Å².